The van der Waals surface area contributed by atoms with Crippen molar-refractivity contribution in [2.45, 2.75) is 64.6 Å². The van der Waals surface area contributed by atoms with E-state index in [1.165, 1.54) is 28.5 Å². The Bertz CT molecular complexity index is 1100. The van der Waals surface area contributed by atoms with Crippen LogP contribution in [0.2, 0.25) is 0 Å². The molecule has 1 saturated carbocycles. The number of amides is 1. The van der Waals surface area contributed by atoms with Gasteiger partial charge in [-0.15, -0.1) is 0 Å². The number of fused-ring (bicyclic) bond motifs is 2. The molecule has 2 unspecified atom stereocenters. The second-order valence-corrected chi connectivity index (χ2v) is 11.6. The highest BCUT2D eigenvalue weighted by atomic mass is 32.2. The van der Waals surface area contributed by atoms with E-state index < -0.39 is 0 Å². The number of rotatable bonds is 5. The Kier molecular flexibility index (Phi) is 5.99. The van der Waals surface area contributed by atoms with Crippen LogP contribution in [0, 0.1) is 23.6 Å². The molecule has 172 valence electrons. The lowest BCUT2D eigenvalue weighted by Crippen LogP contribution is -2.38. The summed E-state index contributed by atoms with van der Waals surface area (Å²) in [6.07, 6.45) is 3.69. The molecule has 1 aliphatic heterocycles. The van der Waals surface area contributed by atoms with Crippen LogP contribution >= 0.6 is 11.8 Å². The van der Waals surface area contributed by atoms with E-state index in [1.807, 2.05) is 6.92 Å². The first kappa shape index (κ1) is 23.0. The molecule has 1 aromatic heterocycles. The summed E-state index contributed by atoms with van der Waals surface area (Å²) in [5, 5.41) is 0.553. The largest absolute Gasteiger partial charge is 0.338 e. The molecule has 1 aliphatic carbocycles. The highest BCUT2D eigenvalue weighted by Crippen LogP contribution is 2.52. The zero-order valence-corrected chi connectivity index (χ0v) is 20.4. The van der Waals surface area contributed by atoms with Gasteiger partial charge >= 0.3 is 0 Å². The number of likely N-dealkylation sites (tertiary alicyclic amines) is 1. The van der Waals surface area contributed by atoms with E-state index in [0.717, 1.165) is 31.4 Å². The first-order valence-corrected chi connectivity index (χ1v) is 12.2. The van der Waals surface area contributed by atoms with Crippen LogP contribution in [-0.4, -0.2) is 38.7 Å². The zero-order chi connectivity index (χ0) is 23.3. The molecular weight excluding hydrogens is 425 g/mol. The van der Waals surface area contributed by atoms with Gasteiger partial charge in [0.25, 0.3) is 5.56 Å². The maximum absolute atomic E-state index is 13.2. The van der Waals surface area contributed by atoms with Gasteiger partial charge in [0.15, 0.2) is 5.16 Å². The summed E-state index contributed by atoms with van der Waals surface area (Å²) < 4.78 is 14.7. The zero-order valence-electron chi connectivity index (χ0n) is 19.6. The Balaban J connectivity index is 1.46. The predicted molar refractivity (Wildman–Crippen MR) is 125 cm³/mol. The fourth-order valence-electron chi connectivity index (χ4n) is 5.83. The normalized spacial score (nSPS) is 24.1. The monoisotopic (exact) mass is 457 g/mol. The Morgan fingerprint density at radius 3 is 2.59 bits per heavy atom. The Labute approximate surface area is 193 Å². The Morgan fingerprint density at radius 2 is 1.91 bits per heavy atom. The van der Waals surface area contributed by atoms with Crippen LogP contribution in [0.25, 0.3) is 0 Å². The van der Waals surface area contributed by atoms with Crippen molar-refractivity contribution in [1.29, 1.82) is 0 Å². The smallest absolute Gasteiger partial charge is 0.257 e. The number of hydrogen-bond acceptors (Lipinski definition) is 4. The first-order valence-electron chi connectivity index (χ1n) is 11.2. The summed E-state index contributed by atoms with van der Waals surface area (Å²) >= 11 is 1.33. The number of aryl methyl sites for hydroxylation is 1. The number of carbonyl (C=O) groups excluding carboxylic acids is 1. The van der Waals surface area contributed by atoms with Crippen molar-refractivity contribution in [3.8, 4) is 0 Å². The third kappa shape index (κ3) is 4.63. The van der Waals surface area contributed by atoms with Gasteiger partial charge in [0.05, 0.1) is 5.75 Å². The number of halogens is 1. The van der Waals surface area contributed by atoms with Gasteiger partial charge in [-0.3, -0.25) is 14.2 Å². The molecule has 2 bridgehead atoms. The summed E-state index contributed by atoms with van der Waals surface area (Å²) in [6.45, 7) is 9.54. The van der Waals surface area contributed by atoms with Crippen LogP contribution in [0.1, 0.15) is 56.9 Å². The predicted octanol–water partition coefficient (Wildman–Crippen LogP) is 4.34. The summed E-state index contributed by atoms with van der Waals surface area (Å²) in [4.78, 5) is 32.8. The molecule has 2 atom stereocenters. The quantitative estimate of drug-likeness (QED) is 0.495. The summed E-state index contributed by atoms with van der Waals surface area (Å²) in [6, 6.07) is 6.47. The van der Waals surface area contributed by atoms with Crippen molar-refractivity contribution in [2.24, 2.45) is 17.9 Å². The fraction of sp³-hybridized carbons (Fsp3) is 0.560. The molecule has 32 heavy (non-hydrogen) atoms. The number of aromatic nitrogens is 2. The molecule has 0 N–H and O–H groups in total. The molecule has 1 amide bonds. The Morgan fingerprint density at radius 1 is 1.22 bits per heavy atom. The third-order valence-electron chi connectivity index (χ3n) is 6.90. The van der Waals surface area contributed by atoms with Gasteiger partial charge < -0.3 is 4.90 Å². The maximum Gasteiger partial charge on any atom is 0.257 e. The van der Waals surface area contributed by atoms with Gasteiger partial charge in [0.2, 0.25) is 5.91 Å². The molecule has 1 saturated heterocycles. The third-order valence-corrected chi connectivity index (χ3v) is 7.92. The maximum atomic E-state index is 13.2. The van der Waals surface area contributed by atoms with E-state index in [0.29, 0.717) is 28.9 Å². The number of nitrogens with zero attached hydrogens (tertiary/aromatic N) is 3. The van der Waals surface area contributed by atoms with Crippen LogP contribution < -0.4 is 5.56 Å². The lowest BCUT2D eigenvalue weighted by atomic mass is 9.65. The number of hydrogen-bond donors (Lipinski definition) is 0. The van der Waals surface area contributed by atoms with Crippen molar-refractivity contribution >= 4 is 17.7 Å². The summed E-state index contributed by atoms with van der Waals surface area (Å²) in [7, 11) is 1.70. The Hall–Kier alpha value is -2.15. The van der Waals surface area contributed by atoms with Crippen molar-refractivity contribution in [2.75, 3.05) is 12.3 Å². The molecule has 0 radical (unpaired) electrons. The molecule has 1 aromatic carbocycles. The SMILES string of the molecule is Cc1nc(SCC(=O)N2CC3(C)CC2CC(C)(C)C3)n(C)c(=O)c1Cc1ccc(F)cc1. The van der Waals surface area contributed by atoms with Crippen LogP contribution in [0.3, 0.4) is 0 Å². The topological polar surface area (TPSA) is 55.2 Å². The fourth-order valence-corrected chi connectivity index (χ4v) is 6.73. The van der Waals surface area contributed by atoms with Crippen LogP contribution in [0.15, 0.2) is 34.2 Å². The molecule has 2 aliphatic rings. The number of carbonyl (C=O) groups is 1. The minimum Gasteiger partial charge on any atom is -0.338 e. The van der Waals surface area contributed by atoms with Gasteiger partial charge in [0.1, 0.15) is 5.82 Å². The summed E-state index contributed by atoms with van der Waals surface area (Å²) in [5.41, 5.74) is 2.46. The molecule has 2 aromatic rings. The van der Waals surface area contributed by atoms with E-state index in [2.05, 4.69) is 30.7 Å². The summed E-state index contributed by atoms with van der Waals surface area (Å²) in [5.74, 6) is 0.112. The molecule has 2 fully saturated rings. The van der Waals surface area contributed by atoms with Crippen LogP contribution in [0.4, 0.5) is 4.39 Å². The average Bonchev–Trinajstić information content (AvgIpc) is 2.96. The molecule has 0 spiro atoms. The van der Waals surface area contributed by atoms with E-state index in [4.69, 9.17) is 0 Å². The molecule has 7 heteroatoms. The number of benzene rings is 1. The minimum absolute atomic E-state index is 0.122. The van der Waals surface area contributed by atoms with Gasteiger partial charge in [0, 0.05) is 37.3 Å². The van der Waals surface area contributed by atoms with Crippen molar-refractivity contribution in [1.82, 2.24) is 14.5 Å². The van der Waals surface area contributed by atoms with Crippen molar-refractivity contribution in [3.05, 3.63) is 57.3 Å². The lowest BCUT2D eigenvalue weighted by molar-refractivity contribution is -0.129. The van der Waals surface area contributed by atoms with Gasteiger partial charge in [-0.2, -0.15) is 0 Å². The first-order chi connectivity index (χ1) is 15.0. The van der Waals surface area contributed by atoms with Crippen LogP contribution in [0.5, 0.6) is 0 Å². The van der Waals surface area contributed by atoms with Gasteiger partial charge in [-0.25, -0.2) is 9.37 Å². The van der Waals surface area contributed by atoms with Crippen LogP contribution in [-0.2, 0) is 18.3 Å². The van der Waals surface area contributed by atoms with E-state index in [-0.39, 0.29) is 33.9 Å². The second-order valence-electron chi connectivity index (χ2n) is 10.6. The molecule has 2 heterocycles. The standard InChI is InChI=1S/C25H32FN3O2S/c1-16-20(10-17-6-8-18(26)9-7-17)22(31)28(5)23(27-16)32-13-21(30)29-15-25(4)12-19(29)11-24(2,3)14-25/h6-9,19H,10-15H2,1-5H3. The molecular formula is C25H32FN3O2S. The van der Waals surface area contributed by atoms with E-state index in [9.17, 15) is 14.0 Å². The lowest BCUT2D eigenvalue weighted by Gasteiger charge is -2.39. The minimum atomic E-state index is -0.299. The highest BCUT2D eigenvalue weighted by molar-refractivity contribution is 7.99. The number of thioether (sulfide) groups is 1. The van der Waals surface area contributed by atoms with Crippen molar-refractivity contribution < 1.29 is 9.18 Å². The van der Waals surface area contributed by atoms with Crippen molar-refractivity contribution in [3.63, 3.8) is 0 Å². The van der Waals surface area contributed by atoms with Gasteiger partial charge in [-0.1, -0.05) is 44.7 Å². The van der Waals surface area contributed by atoms with E-state index >= 15 is 0 Å². The molecule has 5 nitrogen and oxygen atoms in total. The van der Waals surface area contributed by atoms with Gasteiger partial charge in [-0.05, 0) is 54.7 Å². The average molecular weight is 458 g/mol. The highest BCUT2D eigenvalue weighted by Gasteiger charge is 2.50. The van der Waals surface area contributed by atoms with E-state index in [1.54, 1.807) is 19.2 Å². The second kappa shape index (κ2) is 8.32. The molecule has 4 rings (SSSR count).